The third-order valence-electron chi connectivity index (χ3n) is 3.92. The summed E-state index contributed by atoms with van der Waals surface area (Å²) in [4.78, 5) is 36.3. The smallest absolute Gasteiger partial charge is 0.359 e. The average molecular weight is 352 g/mol. The Kier molecular flexibility index (Phi) is 3.85. The Labute approximate surface area is 146 Å². The van der Waals surface area contributed by atoms with E-state index in [2.05, 4.69) is 10.2 Å². The zero-order valence-corrected chi connectivity index (χ0v) is 13.4. The molecule has 3 aromatic rings. The molecule has 26 heavy (non-hydrogen) atoms. The van der Waals surface area contributed by atoms with Crippen LogP contribution in [0.1, 0.15) is 20.8 Å². The highest BCUT2D eigenvalue weighted by molar-refractivity contribution is 6.04. The van der Waals surface area contributed by atoms with Gasteiger partial charge in [0.25, 0.3) is 5.56 Å². The molecule has 0 aliphatic carbocycles. The van der Waals surface area contributed by atoms with Gasteiger partial charge in [-0.1, -0.05) is 18.2 Å². The van der Waals surface area contributed by atoms with E-state index in [1.165, 1.54) is 6.07 Å². The Morgan fingerprint density at radius 3 is 2.69 bits per heavy atom. The highest BCUT2D eigenvalue weighted by Gasteiger charge is 2.19. The molecule has 0 fully saturated rings. The molecule has 0 radical (unpaired) electrons. The Morgan fingerprint density at radius 2 is 1.85 bits per heavy atom. The van der Waals surface area contributed by atoms with Crippen LogP contribution >= 0.6 is 0 Å². The molecule has 0 saturated carbocycles. The molecule has 4 rings (SSSR count). The minimum atomic E-state index is -0.799. The van der Waals surface area contributed by atoms with Crippen LogP contribution in [0, 0.1) is 0 Å². The molecule has 1 aliphatic rings. The molecule has 1 N–H and O–H groups in total. The lowest BCUT2D eigenvalue weighted by atomic mass is 10.1. The van der Waals surface area contributed by atoms with E-state index in [4.69, 9.17) is 14.2 Å². The quantitative estimate of drug-likeness (QED) is 0.562. The molecule has 0 atom stereocenters. The number of aromatic amines is 1. The van der Waals surface area contributed by atoms with Crippen LogP contribution in [0.5, 0.6) is 11.5 Å². The monoisotopic (exact) mass is 352 g/mol. The third kappa shape index (κ3) is 2.77. The number of aromatic nitrogens is 2. The standard InChI is InChI=1S/C18H12N2O6/c21-13(10-5-6-14-15(7-10)26-9-25-14)8-24-18(23)16-11-3-1-2-4-12(11)17(22)20-19-16/h1-7H,8-9H2,(H,20,22). The van der Waals surface area contributed by atoms with E-state index in [1.54, 1.807) is 36.4 Å². The second-order valence-corrected chi connectivity index (χ2v) is 5.51. The second-order valence-electron chi connectivity index (χ2n) is 5.51. The van der Waals surface area contributed by atoms with E-state index < -0.39 is 23.9 Å². The van der Waals surface area contributed by atoms with Crippen molar-refractivity contribution in [1.29, 1.82) is 0 Å². The fourth-order valence-electron chi connectivity index (χ4n) is 2.62. The van der Waals surface area contributed by atoms with E-state index >= 15 is 0 Å². The first-order chi connectivity index (χ1) is 12.6. The van der Waals surface area contributed by atoms with Gasteiger partial charge in [-0.2, -0.15) is 5.10 Å². The van der Waals surface area contributed by atoms with Crippen molar-refractivity contribution < 1.29 is 23.8 Å². The van der Waals surface area contributed by atoms with Crippen LogP contribution in [-0.2, 0) is 4.74 Å². The lowest BCUT2D eigenvalue weighted by molar-refractivity contribution is 0.0470. The number of nitrogens with zero attached hydrogens (tertiary/aromatic N) is 1. The minimum absolute atomic E-state index is 0.0568. The SMILES string of the molecule is O=C(COC(=O)c1n[nH]c(=O)c2ccccc12)c1ccc2c(c1)OCO2. The van der Waals surface area contributed by atoms with Gasteiger partial charge in [0.05, 0.1) is 5.39 Å². The Hall–Kier alpha value is -3.68. The summed E-state index contributed by atoms with van der Waals surface area (Å²) in [6.07, 6.45) is 0. The average Bonchev–Trinajstić information content (AvgIpc) is 3.14. The molecule has 0 spiro atoms. The molecule has 0 amide bonds. The molecule has 0 saturated heterocycles. The molecule has 0 bridgehead atoms. The number of carbonyl (C=O) groups is 2. The number of nitrogens with one attached hydrogen (secondary N) is 1. The maximum Gasteiger partial charge on any atom is 0.359 e. The number of fused-ring (bicyclic) bond motifs is 2. The van der Waals surface area contributed by atoms with Gasteiger partial charge in [-0.05, 0) is 24.3 Å². The number of hydrogen-bond donors (Lipinski definition) is 1. The van der Waals surface area contributed by atoms with Gasteiger partial charge in [0.15, 0.2) is 29.6 Å². The first-order valence-electron chi connectivity index (χ1n) is 7.71. The van der Waals surface area contributed by atoms with Gasteiger partial charge < -0.3 is 14.2 Å². The predicted octanol–water partition coefficient (Wildman–Crippen LogP) is 1.69. The Morgan fingerprint density at radius 1 is 1.08 bits per heavy atom. The molecule has 1 aliphatic heterocycles. The van der Waals surface area contributed by atoms with Gasteiger partial charge in [-0.3, -0.25) is 9.59 Å². The van der Waals surface area contributed by atoms with Crippen molar-refractivity contribution >= 4 is 22.5 Å². The lowest BCUT2D eigenvalue weighted by Gasteiger charge is -2.06. The van der Waals surface area contributed by atoms with Gasteiger partial charge in [0.1, 0.15) is 0 Å². The molecule has 8 heteroatoms. The largest absolute Gasteiger partial charge is 0.454 e. The summed E-state index contributed by atoms with van der Waals surface area (Å²) in [5.41, 5.74) is -0.131. The molecule has 1 aromatic heterocycles. The van der Waals surface area contributed by atoms with Crippen molar-refractivity contribution in [3.63, 3.8) is 0 Å². The van der Waals surface area contributed by atoms with Gasteiger partial charge in [-0.25, -0.2) is 9.89 Å². The summed E-state index contributed by atoms with van der Waals surface area (Å²) in [7, 11) is 0. The molecule has 130 valence electrons. The van der Waals surface area contributed by atoms with Gasteiger partial charge in [0, 0.05) is 10.9 Å². The summed E-state index contributed by atoms with van der Waals surface area (Å²) < 4.78 is 15.5. The van der Waals surface area contributed by atoms with E-state index in [0.29, 0.717) is 27.8 Å². The molecular formula is C18H12N2O6. The second kappa shape index (κ2) is 6.32. The zero-order valence-electron chi connectivity index (χ0n) is 13.4. The third-order valence-corrected chi connectivity index (χ3v) is 3.92. The molecule has 8 nitrogen and oxygen atoms in total. The summed E-state index contributed by atoms with van der Waals surface area (Å²) in [5, 5.41) is 6.67. The van der Waals surface area contributed by atoms with Crippen molar-refractivity contribution in [1.82, 2.24) is 10.2 Å². The minimum Gasteiger partial charge on any atom is -0.454 e. The number of carbonyl (C=O) groups excluding carboxylic acids is 2. The topological polar surface area (TPSA) is 108 Å². The van der Waals surface area contributed by atoms with Crippen LogP contribution in [0.3, 0.4) is 0 Å². The molecule has 2 heterocycles. The van der Waals surface area contributed by atoms with Crippen molar-refractivity contribution in [2.45, 2.75) is 0 Å². The maximum atomic E-state index is 12.3. The highest BCUT2D eigenvalue weighted by atomic mass is 16.7. The Balaban J connectivity index is 1.52. The number of rotatable bonds is 4. The van der Waals surface area contributed by atoms with Crippen LogP contribution in [0.4, 0.5) is 0 Å². The number of Topliss-reactive ketones (excluding diaryl/α,β-unsaturated/α-hetero) is 1. The molecular weight excluding hydrogens is 340 g/mol. The summed E-state index contributed by atoms with van der Waals surface area (Å²) in [5.74, 6) is -0.171. The number of esters is 1. The first-order valence-corrected chi connectivity index (χ1v) is 7.71. The van der Waals surface area contributed by atoms with E-state index in [9.17, 15) is 14.4 Å². The van der Waals surface area contributed by atoms with E-state index in [0.717, 1.165) is 0 Å². The number of H-pyrrole nitrogens is 1. The maximum absolute atomic E-state index is 12.3. The number of hydrogen-bond acceptors (Lipinski definition) is 7. The fourth-order valence-corrected chi connectivity index (χ4v) is 2.62. The predicted molar refractivity (Wildman–Crippen MR) is 89.5 cm³/mol. The molecule has 2 aromatic carbocycles. The van der Waals surface area contributed by atoms with Crippen molar-refractivity contribution in [3.05, 3.63) is 64.1 Å². The van der Waals surface area contributed by atoms with Gasteiger partial charge in [0.2, 0.25) is 6.79 Å². The van der Waals surface area contributed by atoms with E-state index in [-0.39, 0.29) is 12.5 Å². The number of ether oxygens (including phenoxy) is 3. The van der Waals surface area contributed by atoms with Crippen LogP contribution in [0.25, 0.3) is 10.8 Å². The fraction of sp³-hybridized carbons (Fsp3) is 0.111. The summed E-state index contributed by atoms with van der Waals surface area (Å²) in [6.45, 7) is -0.361. The molecule has 0 unspecified atom stereocenters. The van der Waals surface area contributed by atoms with Crippen molar-refractivity contribution in [2.24, 2.45) is 0 Å². The summed E-state index contributed by atoms with van der Waals surface area (Å²) >= 11 is 0. The van der Waals surface area contributed by atoms with Crippen molar-refractivity contribution in [2.75, 3.05) is 13.4 Å². The Bertz CT molecular complexity index is 1090. The lowest BCUT2D eigenvalue weighted by Crippen LogP contribution is -2.19. The van der Waals surface area contributed by atoms with Crippen molar-refractivity contribution in [3.8, 4) is 11.5 Å². The van der Waals surface area contributed by atoms with Gasteiger partial charge in [-0.15, -0.1) is 0 Å². The number of benzene rings is 2. The van der Waals surface area contributed by atoms with Crippen LogP contribution in [0.15, 0.2) is 47.3 Å². The highest BCUT2D eigenvalue weighted by Crippen LogP contribution is 2.32. The van der Waals surface area contributed by atoms with Gasteiger partial charge >= 0.3 is 5.97 Å². The van der Waals surface area contributed by atoms with Crippen LogP contribution in [0.2, 0.25) is 0 Å². The summed E-state index contributed by atoms with van der Waals surface area (Å²) in [6, 6.07) is 11.2. The van der Waals surface area contributed by atoms with Crippen LogP contribution in [-0.4, -0.2) is 35.3 Å². The first kappa shape index (κ1) is 15.8. The number of ketones is 1. The zero-order chi connectivity index (χ0) is 18.1. The van der Waals surface area contributed by atoms with Crippen LogP contribution < -0.4 is 15.0 Å². The van der Waals surface area contributed by atoms with E-state index in [1.807, 2.05) is 0 Å². The normalized spacial score (nSPS) is 12.2.